The van der Waals surface area contributed by atoms with Crippen molar-refractivity contribution >= 4 is 21.7 Å². The first-order valence-electron chi connectivity index (χ1n) is 9.78. The summed E-state index contributed by atoms with van der Waals surface area (Å²) in [7, 11) is 0.745. The van der Waals surface area contributed by atoms with Gasteiger partial charge in [-0.1, -0.05) is 6.07 Å². The number of aryl methyl sites for hydroxylation is 2. The molecule has 0 fully saturated rings. The van der Waals surface area contributed by atoms with Crippen LogP contribution in [0.4, 0.5) is 5.69 Å². The highest BCUT2D eigenvalue weighted by Gasteiger charge is 2.22. The number of benzene rings is 3. The molecule has 168 valence electrons. The molecule has 0 N–H and O–H groups in total. The smallest absolute Gasteiger partial charge is 0.343 e. The predicted molar refractivity (Wildman–Crippen MR) is 122 cm³/mol. The third-order valence-electron chi connectivity index (χ3n) is 5.17. The molecule has 0 bridgehead atoms. The van der Waals surface area contributed by atoms with Gasteiger partial charge >= 0.3 is 5.97 Å². The number of anilines is 1. The number of sulfonamides is 1. The molecule has 0 unspecified atom stereocenters. The molecule has 32 heavy (non-hydrogen) atoms. The summed E-state index contributed by atoms with van der Waals surface area (Å²) in [6.07, 6.45) is 0. The van der Waals surface area contributed by atoms with Crippen LogP contribution < -0.4 is 18.5 Å². The number of methoxy groups -OCH3 is 2. The van der Waals surface area contributed by atoms with Crippen molar-refractivity contribution in [2.75, 3.05) is 25.6 Å². The Kier molecular flexibility index (Phi) is 6.74. The molecule has 0 aliphatic heterocycles. The average molecular weight is 456 g/mol. The third-order valence-corrected chi connectivity index (χ3v) is 6.95. The minimum atomic E-state index is -3.72. The Bertz CT molecular complexity index is 1240. The van der Waals surface area contributed by atoms with Crippen LogP contribution >= 0.6 is 0 Å². The molecule has 3 aromatic rings. The summed E-state index contributed by atoms with van der Waals surface area (Å²) in [6.45, 7) is 3.80. The number of carbonyl (C=O) groups is 1. The summed E-state index contributed by atoms with van der Waals surface area (Å²) in [4.78, 5) is 12.7. The normalized spacial score (nSPS) is 11.0. The Morgan fingerprint density at radius 1 is 0.812 bits per heavy atom. The van der Waals surface area contributed by atoms with Gasteiger partial charge in [0.1, 0.15) is 5.75 Å². The number of nitrogens with zero attached hydrogens (tertiary/aromatic N) is 1. The van der Waals surface area contributed by atoms with E-state index in [1.807, 2.05) is 13.8 Å². The van der Waals surface area contributed by atoms with Crippen LogP contribution in [0.1, 0.15) is 21.5 Å². The maximum absolute atomic E-state index is 13.0. The van der Waals surface area contributed by atoms with Crippen molar-refractivity contribution < 1.29 is 27.4 Å². The highest BCUT2D eigenvalue weighted by atomic mass is 32.2. The van der Waals surface area contributed by atoms with E-state index in [-0.39, 0.29) is 10.6 Å². The molecule has 3 aromatic carbocycles. The van der Waals surface area contributed by atoms with Gasteiger partial charge in [-0.3, -0.25) is 4.31 Å². The fourth-order valence-corrected chi connectivity index (χ4v) is 4.31. The van der Waals surface area contributed by atoms with Crippen LogP contribution in [-0.2, 0) is 10.0 Å². The topological polar surface area (TPSA) is 82.1 Å². The van der Waals surface area contributed by atoms with E-state index in [1.165, 1.54) is 31.6 Å². The number of hydrogen-bond donors (Lipinski definition) is 0. The Hall–Kier alpha value is -3.52. The zero-order valence-electron chi connectivity index (χ0n) is 18.6. The SMILES string of the molecule is COc1ccc(C(=O)Oc2ccc(N(C)S(=O)(=O)c3ccc(C)c(C)c3)cc2)cc1OC. The molecule has 0 atom stereocenters. The summed E-state index contributed by atoms with van der Waals surface area (Å²) < 4.78 is 42.9. The number of hydrogen-bond acceptors (Lipinski definition) is 6. The monoisotopic (exact) mass is 455 g/mol. The van der Waals surface area contributed by atoms with Crippen molar-refractivity contribution in [3.8, 4) is 17.2 Å². The minimum Gasteiger partial charge on any atom is -0.493 e. The fourth-order valence-electron chi connectivity index (χ4n) is 3.02. The lowest BCUT2D eigenvalue weighted by Gasteiger charge is -2.20. The summed E-state index contributed by atoms with van der Waals surface area (Å²) >= 11 is 0. The van der Waals surface area contributed by atoms with Crippen LogP contribution in [0.3, 0.4) is 0 Å². The Balaban J connectivity index is 1.77. The summed E-state index contributed by atoms with van der Waals surface area (Å²) in [5.41, 5.74) is 2.65. The third kappa shape index (κ3) is 4.70. The minimum absolute atomic E-state index is 0.215. The molecule has 8 heteroatoms. The summed E-state index contributed by atoms with van der Waals surface area (Å²) in [5, 5.41) is 0. The quantitative estimate of drug-likeness (QED) is 0.389. The van der Waals surface area contributed by atoms with Crippen molar-refractivity contribution in [1.82, 2.24) is 0 Å². The van der Waals surface area contributed by atoms with E-state index in [2.05, 4.69) is 0 Å². The van der Waals surface area contributed by atoms with E-state index in [1.54, 1.807) is 54.6 Å². The molecule has 0 aromatic heterocycles. The van der Waals surface area contributed by atoms with Crippen LogP contribution in [-0.4, -0.2) is 35.7 Å². The number of esters is 1. The van der Waals surface area contributed by atoms with Crippen molar-refractivity contribution in [2.45, 2.75) is 18.7 Å². The maximum atomic E-state index is 13.0. The molecule has 7 nitrogen and oxygen atoms in total. The Morgan fingerprint density at radius 3 is 2.06 bits per heavy atom. The number of ether oxygens (including phenoxy) is 3. The molecular formula is C24H25NO6S. The van der Waals surface area contributed by atoms with Gasteiger partial charge in [-0.25, -0.2) is 13.2 Å². The van der Waals surface area contributed by atoms with Gasteiger partial charge in [-0.05, 0) is 79.6 Å². The molecule has 0 saturated heterocycles. The molecule has 0 spiro atoms. The van der Waals surface area contributed by atoms with Gasteiger partial charge in [0, 0.05) is 7.05 Å². The second-order valence-electron chi connectivity index (χ2n) is 7.17. The van der Waals surface area contributed by atoms with E-state index in [4.69, 9.17) is 14.2 Å². The zero-order chi connectivity index (χ0) is 23.5. The molecule has 0 heterocycles. The lowest BCUT2D eigenvalue weighted by Crippen LogP contribution is -2.26. The van der Waals surface area contributed by atoms with E-state index in [0.29, 0.717) is 22.7 Å². The first kappa shape index (κ1) is 23.1. The van der Waals surface area contributed by atoms with Gasteiger partial charge < -0.3 is 14.2 Å². The highest BCUT2D eigenvalue weighted by molar-refractivity contribution is 7.92. The second kappa shape index (κ2) is 9.32. The van der Waals surface area contributed by atoms with Gasteiger partial charge in [0.25, 0.3) is 10.0 Å². The average Bonchev–Trinajstić information content (AvgIpc) is 2.80. The van der Waals surface area contributed by atoms with Crippen LogP contribution in [0.15, 0.2) is 65.6 Å². The molecule has 0 aliphatic rings. The molecule has 3 rings (SSSR count). The second-order valence-corrected chi connectivity index (χ2v) is 9.14. The van der Waals surface area contributed by atoms with Crippen molar-refractivity contribution in [1.29, 1.82) is 0 Å². The summed E-state index contributed by atoms with van der Waals surface area (Å²) in [6, 6.07) is 16.0. The summed E-state index contributed by atoms with van der Waals surface area (Å²) in [5.74, 6) is 0.622. The standard InChI is InChI=1S/C24H25NO6S/c1-16-6-12-21(14-17(16)2)32(27,28)25(3)19-8-10-20(11-9-19)31-24(26)18-7-13-22(29-4)23(15-18)30-5/h6-15H,1-5H3. The number of rotatable bonds is 7. The van der Waals surface area contributed by atoms with Crippen LogP contribution in [0.2, 0.25) is 0 Å². The lowest BCUT2D eigenvalue weighted by atomic mass is 10.1. The zero-order valence-corrected chi connectivity index (χ0v) is 19.4. The predicted octanol–water partition coefficient (Wildman–Crippen LogP) is 4.36. The van der Waals surface area contributed by atoms with Crippen LogP contribution in [0.5, 0.6) is 17.2 Å². The van der Waals surface area contributed by atoms with E-state index in [9.17, 15) is 13.2 Å². The van der Waals surface area contributed by atoms with Gasteiger partial charge in [0.15, 0.2) is 11.5 Å². The first-order valence-corrected chi connectivity index (χ1v) is 11.2. The van der Waals surface area contributed by atoms with Gasteiger partial charge in [0.2, 0.25) is 0 Å². The fraction of sp³-hybridized carbons (Fsp3) is 0.208. The van der Waals surface area contributed by atoms with E-state index >= 15 is 0 Å². The Labute approximate surface area is 188 Å². The molecule has 0 aliphatic carbocycles. The van der Waals surface area contributed by atoms with Crippen LogP contribution in [0, 0.1) is 13.8 Å². The molecule has 0 radical (unpaired) electrons. The van der Waals surface area contributed by atoms with Gasteiger partial charge in [-0.2, -0.15) is 0 Å². The van der Waals surface area contributed by atoms with E-state index in [0.717, 1.165) is 11.1 Å². The van der Waals surface area contributed by atoms with Crippen molar-refractivity contribution in [3.05, 3.63) is 77.4 Å². The van der Waals surface area contributed by atoms with E-state index < -0.39 is 16.0 Å². The van der Waals surface area contributed by atoms with Gasteiger partial charge in [-0.15, -0.1) is 0 Å². The number of carbonyl (C=O) groups excluding carboxylic acids is 1. The molecular weight excluding hydrogens is 430 g/mol. The van der Waals surface area contributed by atoms with Crippen molar-refractivity contribution in [2.24, 2.45) is 0 Å². The molecule has 0 amide bonds. The Morgan fingerprint density at radius 2 is 1.47 bits per heavy atom. The van der Waals surface area contributed by atoms with Gasteiger partial charge in [0.05, 0.1) is 30.4 Å². The lowest BCUT2D eigenvalue weighted by molar-refractivity contribution is 0.0734. The first-order chi connectivity index (χ1) is 15.2. The largest absolute Gasteiger partial charge is 0.493 e. The molecule has 0 saturated carbocycles. The maximum Gasteiger partial charge on any atom is 0.343 e. The highest BCUT2D eigenvalue weighted by Crippen LogP contribution is 2.29. The van der Waals surface area contributed by atoms with Crippen molar-refractivity contribution in [3.63, 3.8) is 0 Å². The van der Waals surface area contributed by atoms with Crippen LogP contribution in [0.25, 0.3) is 0 Å².